The molecule has 0 saturated heterocycles. The van der Waals surface area contributed by atoms with Crippen LogP contribution in [-0.2, 0) is 6.61 Å². The lowest BCUT2D eigenvalue weighted by Gasteiger charge is -2.18. The smallest absolute Gasteiger partial charge is 0.182 e. The average Bonchev–Trinajstić information content (AvgIpc) is 3.03. The van der Waals surface area contributed by atoms with E-state index in [9.17, 15) is 0 Å². The molecule has 2 heterocycles. The molecule has 0 aliphatic heterocycles. The van der Waals surface area contributed by atoms with Crippen molar-refractivity contribution in [3.8, 4) is 11.8 Å². The molecular formula is C16H17N3OS. The van der Waals surface area contributed by atoms with Gasteiger partial charge in [0.2, 0.25) is 0 Å². The molecule has 1 fully saturated rings. The molecule has 0 atom stereocenters. The highest BCUT2D eigenvalue weighted by molar-refractivity contribution is 7.09. The van der Waals surface area contributed by atoms with Gasteiger partial charge in [0.05, 0.1) is 10.7 Å². The largest absolute Gasteiger partial charge is 0.484 e. The number of hydrogen-bond acceptors (Lipinski definition) is 5. The summed E-state index contributed by atoms with van der Waals surface area (Å²) in [5.41, 5.74) is 1.26. The van der Waals surface area contributed by atoms with Crippen molar-refractivity contribution in [3.05, 3.63) is 40.1 Å². The third-order valence-electron chi connectivity index (χ3n) is 3.78. The van der Waals surface area contributed by atoms with Gasteiger partial charge in [-0.3, -0.25) is 0 Å². The van der Waals surface area contributed by atoms with Gasteiger partial charge in [-0.1, -0.05) is 19.3 Å². The van der Waals surface area contributed by atoms with Crippen molar-refractivity contribution in [2.24, 2.45) is 0 Å². The Bertz CT molecular complexity index is 641. The average molecular weight is 299 g/mol. The first-order valence-corrected chi connectivity index (χ1v) is 8.17. The molecule has 2 aromatic rings. The first kappa shape index (κ1) is 14.0. The van der Waals surface area contributed by atoms with E-state index < -0.39 is 0 Å². The fraction of sp³-hybridized carbons (Fsp3) is 0.438. The molecule has 2 aromatic heterocycles. The van der Waals surface area contributed by atoms with Gasteiger partial charge in [0, 0.05) is 17.5 Å². The lowest BCUT2D eigenvalue weighted by atomic mass is 9.90. The molecule has 0 spiro atoms. The van der Waals surface area contributed by atoms with Crippen molar-refractivity contribution >= 4 is 11.3 Å². The molecule has 21 heavy (non-hydrogen) atoms. The Morgan fingerprint density at radius 1 is 1.33 bits per heavy atom. The predicted molar refractivity (Wildman–Crippen MR) is 81.2 cm³/mol. The first-order valence-electron chi connectivity index (χ1n) is 7.29. The molecular weight excluding hydrogens is 282 g/mol. The van der Waals surface area contributed by atoms with E-state index >= 15 is 0 Å². The molecule has 1 aliphatic rings. The van der Waals surface area contributed by atoms with Gasteiger partial charge in [-0.15, -0.1) is 11.3 Å². The Labute approximate surface area is 128 Å². The summed E-state index contributed by atoms with van der Waals surface area (Å²) in [5, 5.41) is 12.3. The van der Waals surface area contributed by atoms with Crippen LogP contribution in [0.1, 0.15) is 54.4 Å². The topological polar surface area (TPSA) is 58.8 Å². The summed E-state index contributed by atoms with van der Waals surface area (Å²) in [6.07, 6.45) is 8.10. The lowest BCUT2D eigenvalue weighted by Crippen LogP contribution is -2.05. The van der Waals surface area contributed by atoms with Gasteiger partial charge in [-0.05, 0) is 25.0 Å². The Hall–Kier alpha value is -1.93. The fourth-order valence-corrected chi connectivity index (χ4v) is 3.64. The van der Waals surface area contributed by atoms with Crippen LogP contribution < -0.4 is 4.74 Å². The molecule has 0 amide bonds. The molecule has 108 valence electrons. The van der Waals surface area contributed by atoms with E-state index in [0.717, 1.165) is 5.69 Å². The highest BCUT2D eigenvalue weighted by Gasteiger charge is 2.18. The Morgan fingerprint density at radius 3 is 3.00 bits per heavy atom. The molecule has 0 radical (unpaired) electrons. The number of hydrogen-bond donors (Lipinski definition) is 0. The highest BCUT2D eigenvalue weighted by atomic mass is 32.1. The van der Waals surface area contributed by atoms with Crippen molar-refractivity contribution in [2.75, 3.05) is 0 Å². The summed E-state index contributed by atoms with van der Waals surface area (Å²) in [7, 11) is 0. The van der Waals surface area contributed by atoms with E-state index in [-0.39, 0.29) is 0 Å². The molecule has 4 nitrogen and oxygen atoms in total. The maximum absolute atomic E-state index is 8.98. The third kappa shape index (κ3) is 3.40. The molecule has 0 bridgehead atoms. The summed E-state index contributed by atoms with van der Waals surface area (Å²) in [4.78, 5) is 8.68. The van der Waals surface area contributed by atoms with E-state index in [4.69, 9.17) is 15.0 Å². The zero-order chi connectivity index (χ0) is 14.5. The van der Waals surface area contributed by atoms with Crippen molar-refractivity contribution in [1.29, 1.82) is 5.26 Å². The second kappa shape index (κ2) is 6.68. The molecule has 3 rings (SSSR count). The maximum Gasteiger partial charge on any atom is 0.182 e. The SMILES string of the molecule is N#Cc1ncccc1OCc1csc(C2CCCCC2)n1. The number of nitrogens with zero attached hydrogens (tertiary/aromatic N) is 3. The summed E-state index contributed by atoms with van der Waals surface area (Å²) in [5.74, 6) is 1.15. The molecule has 0 aromatic carbocycles. The van der Waals surface area contributed by atoms with E-state index in [0.29, 0.717) is 24.0 Å². The standard InChI is InChI=1S/C16H17N3OS/c17-9-14-15(7-4-8-18-14)20-10-13-11-21-16(19-13)12-5-2-1-3-6-12/h4,7-8,11-12H,1-3,5-6,10H2. The highest BCUT2D eigenvalue weighted by Crippen LogP contribution is 2.34. The molecule has 1 saturated carbocycles. The molecule has 5 heteroatoms. The summed E-state index contributed by atoms with van der Waals surface area (Å²) in [6.45, 7) is 0.392. The minimum Gasteiger partial charge on any atom is -0.484 e. The van der Waals surface area contributed by atoms with Crippen molar-refractivity contribution in [2.45, 2.75) is 44.6 Å². The van der Waals surface area contributed by atoms with Crippen molar-refractivity contribution in [1.82, 2.24) is 9.97 Å². The first-order chi connectivity index (χ1) is 10.4. The van der Waals surface area contributed by atoms with Crippen LogP contribution in [0.3, 0.4) is 0 Å². The minimum absolute atomic E-state index is 0.320. The summed E-state index contributed by atoms with van der Waals surface area (Å²) >= 11 is 1.73. The molecule has 0 N–H and O–H groups in total. The predicted octanol–water partition coefficient (Wildman–Crippen LogP) is 4.04. The lowest BCUT2D eigenvalue weighted by molar-refractivity contribution is 0.299. The zero-order valence-corrected chi connectivity index (χ0v) is 12.6. The van der Waals surface area contributed by atoms with Crippen molar-refractivity contribution < 1.29 is 4.74 Å². The van der Waals surface area contributed by atoms with Gasteiger partial charge in [0.15, 0.2) is 11.4 Å². The number of nitriles is 1. The number of pyridine rings is 1. The monoisotopic (exact) mass is 299 g/mol. The van der Waals surface area contributed by atoms with E-state index in [1.54, 1.807) is 29.7 Å². The third-order valence-corrected chi connectivity index (χ3v) is 4.83. The Balaban J connectivity index is 1.63. The molecule has 0 unspecified atom stereocenters. The summed E-state index contributed by atoms with van der Waals surface area (Å²) < 4.78 is 5.67. The zero-order valence-electron chi connectivity index (χ0n) is 11.8. The van der Waals surface area contributed by atoms with E-state index in [1.165, 1.54) is 37.1 Å². The number of rotatable bonds is 4. The van der Waals surface area contributed by atoms with Crippen LogP contribution in [0.2, 0.25) is 0 Å². The van der Waals surface area contributed by atoms with E-state index in [1.807, 2.05) is 6.07 Å². The Morgan fingerprint density at radius 2 is 2.19 bits per heavy atom. The van der Waals surface area contributed by atoms with Crippen LogP contribution in [-0.4, -0.2) is 9.97 Å². The van der Waals surface area contributed by atoms with Crippen LogP contribution >= 0.6 is 11.3 Å². The van der Waals surface area contributed by atoms with Gasteiger partial charge in [-0.2, -0.15) is 5.26 Å². The van der Waals surface area contributed by atoms with Crippen LogP contribution in [0.4, 0.5) is 0 Å². The Kier molecular flexibility index (Phi) is 4.46. The second-order valence-electron chi connectivity index (χ2n) is 5.26. The molecule has 1 aliphatic carbocycles. The van der Waals surface area contributed by atoms with Crippen LogP contribution in [0.5, 0.6) is 5.75 Å². The summed E-state index contributed by atoms with van der Waals surface area (Å²) in [6, 6.07) is 5.57. The second-order valence-corrected chi connectivity index (χ2v) is 6.15. The van der Waals surface area contributed by atoms with Gasteiger partial charge in [-0.25, -0.2) is 9.97 Å². The van der Waals surface area contributed by atoms with Gasteiger partial charge >= 0.3 is 0 Å². The number of ether oxygens (including phenoxy) is 1. The van der Waals surface area contributed by atoms with E-state index in [2.05, 4.69) is 10.4 Å². The van der Waals surface area contributed by atoms with Gasteiger partial charge in [0.1, 0.15) is 12.7 Å². The van der Waals surface area contributed by atoms with Crippen LogP contribution in [0, 0.1) is 11.3 Å². The van der Waals surface area contributed by atoms with Crippen LogP contribution in [0.25, 0.3) is 0 Å². The minimum atomic E-state index is 0.320. The maximum atomic E-state index is 8.98. The van der Waals surface area contributed by atoms with Crippen LogP contribution in [0.15, 0.2) is 23.7 Å². The number of thiazole rings is 1. The van der Waals surface area contributed by atoms with Gasteiger partial charge < -0.3 is 4.74 Å². The quantitative estimate of drug-likeness (QED) is 0.855. The van der Waals surface area contributed by atoms with Crippen molar-refractivity contribution in [3.63, 3.8) is 0 Å². The fourth-order valence-electron chi connectivity index (χ4n) is 2.67. The normalized spacial score (nSPS) is 15.6. The van der Waals surface area contributed by atoms with Gasteiger partial charge in [0.25, 0.3) is 0 Å². The number of aromatic nitrogens is 2.